The second-order valence-corrected chi connectivity index (χ2v) is 3.86. The molecule has 17 heavy (non-hydrogen) atoms. The number of nitroso groups, excluding NO2 is 1. The lowest BCUT2D eigenvalue weighted by molar-refractivity contribution is -0.118. The maximum atomic E-state index is 11.5. The van der Waals surface area contributed by atoms with Crippen LogP contribution in [0.3, 0.4) is 0 Å². The Hall–Kier alpha value is -1.78. The Labute approximate surface area is 98.8 Å². The molecule has 0 aliphatic heterocycles. The first-order chi connectivity index (χ1) is 8.15. The van der Waals surface area contributed by atoms with Gasteiger partial charge in [-0.2, -0.15) is 0 Å². The predicted octanol–water partition coefficient (Wildman–Crippen LogP) is 2.73. The van der Waals surface area contributed by atoms with E-state index in [4.69, 9.17) is 4.42 Å². The summed E-state index contributed by atoms with van der Waals surface area (Å²) in [6.07, 6.45) is 3.41. The lowest BCUT2D eigenvalue weighted by Crippen LogP contribution is -2.06. The van der Waals surface area contributed by atoms with Crippen molar-refractivity contribution < 1.29 is 9.21 Å². The number of hydrogen-bond donors (Lipinski definition) is 0. The second kappa shape index (κ2) is 6.73. The summed E-state index contributed by atoms with van der Waals surface area (Å²) in [4.78, 5) is 32.9. The Balaban J connectivity index is 2.61. The summed E-state index contributed by atoms with van der Waals surface area (Å²) >= 11 is 0. The first-order valence-corrected chi connectivity index (χ1v) is 5.65. The molecule has 0 aliphatic rings. The molecule has 0 radical (unpaired) electrons. The third kappa shape index (κ3) is 4.72. The monoisotopic (exact) mass is 237 g/mol. The highest BCUT2D eigenvalue weighted by atomic mass is 16.4. The molecule has 1 aromatic heterocycles. The van der Waals surface area contributed by atoms with Gasteiger partial charge in [0, 0.05) is 12.5 Å². The third-order valence-corrected chi connectivity index (χ3v) is 2.34. The fourth-order valence-electron chi connectivity index (χ4n) is 1.51. The highest BCUT2D eigenvalue weighted by Crippen LogP contribution is 2.12. The Bertz CT molecular complexity index is 450. The molecular formula is C12H15NO4. The number of hydrogen-bond acceptors (Lipinski definition) is 5. The lowest BCUT2D eigenvalue weighted by atomic mass is 10.1. The van der Waals surface area contributed by atoms with E-state index in [9.17, 15) is 14.5 Å². The quantitative estimate of drug-likeness (QED) is 0.539. The van der Waals surface area contributed by atoms with Crippen molar-refractivity contribution in [3.63, 3.8) is 0 Å². The molecule has 0 atom stereocenters. The van der Waals surface area contributed by atoms with Crippen LogP contribution in [0.25, 0.3) is 0 Å². The minimum Gasteiger partial charge on any atom is -0.427 e. The van der Waals surface area contributed by atoms with Gasteiger partial charge in [0.1, 0.15) is 17.2 Å². The minimum absolute atomic E-state index is 0.00221. The molecule has 0 N–H and O–H groups in total. The zero-order chi connectivity index (χ0) is 12.7. The summed E-state index contributed by atoms with van der Waals surface area (Å²) < 4.78 is 4.82. The van der Waals surface area contributed by atoms with Crippen LogP contribution in [0, 0.1) is 4.91 Å². The third-order valence-electron chi connectivity index (χ3n) is 2.34. The van der Waals surface area contributed by atoms with Crippen LogP contribution >= 0.6 is 0 Å². The molecule has 1 heterocycles. The predicted molar refractivity (Wildman–Crippen MR) is 63.3 cm³/mol. The molecular weight excluding hydrogens is 222 g/mol. The zero-order valence-electron chi connectivity index (χ0n) is 9.77. The molecule has 5 nitrogen and oxygen atoms in total. The average molecular weight is 237 g/mol. The van der Waals surface area contributed by atoms with Crippen LogP contribution in [-0.4, -0.2) is 5.78 Å². The first-order valence-electron chi connectivity index (χ1n) is 5.65. The van der Waals surface area contributed by atoms with Gasteiger partial charge in [0.25, 0.3) is 0 Å². The van der Waals surface area contributed by atoms with E-state index in [1.165, 1.54) is 6.07 Å². The van der Waals surface area contributed by atoms with E-state index in [-0.39, 0.29) is 23.7 Å². The van der Waals surface area contributed by atoms with Gasteiger partial charge in [-0.1, -0.05) is 19.8 Å². The van der Waals surface area contributed by atoms with Crippen molar-refractivity contribution in [1.82, 2.24) is 0 Å². The Morgan fingerprint density at radius 3 is 2.76 bits per heavy atom. The molecule has 0 bridgehead atoms. The fraction of sp³-hybridized carbons (Fsp3) is 0.500. The summed E-state index contributed by atoms with van der Waals surface area (Å²) in [5, 5.41) is 2.65. The molecule has 0 spiro atoms. The number of Topliss-reactive ketones (excluding diaryl/α,β-unsaturated/α-hetero) is 1. The van der Waals surface area contributed by atoms with Crippen LogP contribution in [0.5, 0.6) is 0 Å². The maximum Gasteiger partial charge on any atom is 0.338 e. The normalized spacial score (nSPS) is 10.2. The van der Waals surface area contributed by atoms with E-state index >= 15 is 0 Å². The van der Waals surface area contributed by atoms with E-state index in [0.717, 1.165) is 25.3 Å². The Morgan fingerprint density at radius 1 is 1.35 bits per heavy atom. The van der Waals surface area contributed by atoms with Gasteiger partial charge in [-0.05, 0) is 11.6 Å². The molecule has 0 aliphatic carbocycles. The van der Waals surface area contributed by atoms with Crippen molar-refractivity contribution in [2.24, 2.45) is 5.18 Å². The number of carbonyl (C=O) groups is 1. The molecule has 0 amide bonds. The SMILES string of the molecule is CCCCCC(=O)Cc1cc(N=O)cc(=O)o1. The van der Waals surface area contributed by atoms with Crippen LogP contribution in [0.4, 0.5) is 5.69 Å². The van der Waals surface area contributed by atoms with Gasteiger partial charge in [-0.3, -0.25) is 4.79 Å². The fourth-order valence-corrected chi connectivity index (χ4v) is 1.51. The van der Waals surface area contributed by atoms with E-state index in [2.05, 4.69) is 12.1 Å². The Morgan fingerprint density at radius 2 is 2.12 bits per heavy atom. The molecule has 0 fully saturated rings. The standard InChI is InChI=1S/C12H15NO4/c1-2-3-4-5-10(14)8-11-6-9(13-16)7-12(15)17-11/h6-7H,2-5,8H2,1H3. The molecule has 1 aromatic rings. The largest absolute Gasteiger partial charge is 0.427 e. The van der Waals surface area contributed by atoms with Crippen LogP contribution < -0.4 is 5.63 Å². The highest BCUT2D eigenvalue weighted by molar-refractivity contribution is 5.80. The van der Waals surface area contributed by atoms with Gasteiger partial charge < -0.3 is 4.42 Å². The minimum atomic E-state index is -0.654. The van der Waals surface area contributed by atoms with Crippen LogP contribution in [0.15, 0.2) is 26.5 Å². The van der Waals surface area contributed by atoms with Gasteiger partial charge in [-0.25, -0.2) is 4.79 Å². The summed E-state index contributed by atoms with van der Waals surface area (Å²) in [7, 11) is 0. The van der Waals surface area contributed by atoms with Gasteiger partial charge >= 0.3 is 5.63 Å². The summed E-state index contributed by atoms with van der Waals surface area (Å²) in [5.74, 6) is 0.207. The van der Waals surface area contributed by atoms with E-state index in [1.54, 1.807) is 0 Å². The van der Waals surface area contributed by atoms with Crippen LogP contribution in [-0.2, 0) is 11.2 Å². The molecule has 0 aromatic carbocycles. The first kappa shape index (κ1) is 13.3. The number of nitrogens with zero attached hydrogens (tertiary/aromatic N) is 1. The van der Waals surface area contributed by atoms with Crippen molar-refractivity contribution in [1.29, 1.82) is 0 Å². The average Bonchev–Trinajstić information content (AvgIpc) is 2.28. The number of rotatable bonds is 7. The Kier molecular flexibility index (Phi) is 5.26. The summed E-state index contributed by atoms with van der Waals surface area (Å²) in [6, 6.07) is 2.32. The van der Waals surface area contributed by atoms with Gasteiger partial charge in [0.05, 0.1) is 12.5 Å². The maximum absolute atomic E-state index is 11.5. The summed E-state index contributed by atoms with van der Waals surface area (Å²) in [6.45, 7) is 2.06. The van der Waals surface area contributed by atoms with Crippen molar-refractivity contribution in [3.8, 4) is 0 Å². The van der Waals surface area contributed by atoms with Crippen LogP contribution in [0.1, 0.15) is 38.4 Å². The highest BCUT2D eigenvalue weighted by Gasteiger charge is 2.08. The number of carbonyl (C=O) groups excluding carboxylic acids is 1. The lowest BCUT2D eigenvalue weighted by Gasteiger charge is -2.00. The van der Waals surface area contributed by atoms with Gasteiger partial charge in [-0.15, -0.1) is 4.91 Å². The van der Waals surface area contributed by atoms with Gasteiger partial charge in [0.2, 0.25) is 0 Å². The van der Waals surface area contributed by atoms with E-state index in [0.29, 0.717) is 6.42 Å². The van der Waals surface area contributed by atoms with Crippen molar-refractivity contribution >= 4 is 11.5 Å². The van der Waals surface area contributed by atoms with Crippen LogP contribution in [0.2, 0.25) is 0 Å². The molecule has 1 rings (SSSR count). The van der Waals surface area contributed by atoms with Gasteiger partial charge in [0.15, 0.2) is 0 Å². The van der Waals surface area contributed by atoms with E-state index in [1.807, 2.05) is 0 Å². The molecule has 0 unspecified atom stereocenters. The van der Waals surface area contributed by atoms with E-state index < -0.39 is 5.63 Å². The topological polar surface area (TPSA) is 76.7 Å². The number of unbranched alkanes of at least 4 members (excludes halogenated alkanes) is 2. The molecule has 92 valence electrons. The summed E-state index contributed by atoms with van der Waals surface area (Å²) in [5.41, 5.74) is -0.656. The van der Waals surface area contributed by atoms with Crippen molar-refractivity contribution in [2.45, 2.75) is 39.0 Å². The van der Waals surface area contributed by atoms with Crippen molar-refractivity contribution in [3.05, 3.63) is 33.2 Å². The second-order valence-electron chi connectivity index (χ2n) is 3.86. The zero-order valence-corrected chi connectivity index (χ0v) is 9.77. The molecule has 0 saturated carbocycles. The molecule has 0 saturated heterocycles. The van der Waals surface area contributed by atoms with Crippen molar-refractivity contribution in [2.75, 3.05) is 0 Å². The smallest absolute Gasteiger partial charge is 0.338 e. The molecule has 5 heteroatoms. The number of ketones is 1.